The molecule has 2 aromatic carbocycles. The predicted molar refractivity (Wildman–Crippen MR) is 119 cm³/mol. The lowest BCUT2D eigenvalue weighted by Crippen LogP contribution is -2.36. The lowest BCUT2D eigenvalue weighted by molar-refractivity contribution is 0.0340. The van der Waals surface area contributed by atoms with Crippen LogP contribution in [-0.2, 0) is 17.8 Å². The third-order valence-electron chi connectivity index (χ3n) is 5.69. The van der Waals surface area contributed by atoms with Crippen LogP contribution in [0, 0.1) is 5.82 Å². The Kier molecular flexibility index (Phi) is 5.42. The van der Waals surface area contributed by atoms with E-state index in [4.69, 9.17) is 10.5 Å². The minimum absolute atomic E-state index is 0.0695. The summed E-state index contributed by atoms with van der Waals surface area (Å²) in [4.78, 5) is 23.7. The van der Waals surface area contributed by atoms with Gasteiger partial charge < -0.3 is 15.8 Å². The highest BCUT2D eigenvalue weighted by Crippen LogP contribution is 2.23. The Morgan fingerprint density at radius 1 is 1.09 bits per heavy atom. The molecule has 3 heterocycles. The van der Waals surface area contributed by atoms with Gasteiger partial charge in [0, 0.05) is 37.8 Å². The fraction of sp³-hybridized carbons (Fsp3) is 0.261. The molecule has 1 aliphatic rings. The van der Waals surface area contributed by atoms with Crippen molar-refractivity contribution in [3.8, 4) is 0 Å². The van der Waals surface area contributed by atoms with Crippen molar-refractivity contribution in [2.24, 2.45) is 0 Å². The fourth-order valence-electron chi connectivity index (χ4n) is 3.98. The number of nitrogens with one attached hydrogen (secondary N) is 1. The molecule has 1 saturated heterocycles. The number of imidazole rings is 1. The van der Waals surface area contributed by atoms with Crippen LogP contribution in [0.15, 0.2) is 48.7 Å². The van der Waals surface area contributed by atoms with Crippen molar-refractivity contribution in [3.05, 3.63) is 71.3 Å². The van der Waals surface area contributed by atoms with E-state index >= 15 is 0 Å². The fourth-order valence-corrected chi connectivity index (χ4v) is 3.98. The molecule has 8 nitrogen and oxygen atoms in total. The van der Waals surface area contributed by atoms with Gasteiger partial charge in [0.2, 0.25) is 5.95 Å². The molecule has 1 fully saturated rings. The molecule has 0 spiro atoms. The van der Waals surface area contributed by atoms with Crippen LogP contribution in [0.3, 0.4) is 0 Å². The third kappa shape index (κ3) is 3.88. The topological polar surface area (TPSA) is 97.8 Å². The Balaban J connectivity index is 1.36. The van der Waals surface area contributed by atoms with E-state index in [1.807, 2.05) is 18.2 Å². The lowest BCUT2D eigenvalue weighted by Gasteiger charge is -2.27. The minimum Gasteiger partial charge on any atom is -0.379 e. The van der Waals surface area contributed by atoms with E-state index in [1.165, 1.54) is 22.2 Å². The maximum absolute atomic E-state index is 14.1. The minimum atomic E-state index is -0.484. The summed E-state index contributed by atoms with van der Waals surface area (Å²) >= 11 is 0. The molecule has 1 aliphatic heterocycles. The van der Waals surface area contributed by atoms with Gasteiger partial charge in [-0.3, -0.25) is 14.1 Å². The summed E-state index contributed by atoms with van der Waals surface area (Å²) < 4.78 is 21.1. The summed E-state index contributed by atoms with van der Waals surface area (Å²) in [7, 11) is 0. The molecule has 4 aromatic rings. The lowest BCUT2D eigenvalue weighted by atomic mass is 10.1. The van der Waals surface area contributed by atoms with Gasteiger partial charge >= 0.3 is 0 Å². The van der Waals surface area contributed by atoms with Crippen LogP contribution in [0.1, 0.15) is 21.6 Å². The van der Waals surface area contributed by atoms with E-state index in [-0.39, 0.29) is 23.1 Å². The molecule has 1 amide bonds. The number of nitrogens with zero attached hydrogens (tertiary/aromatic N) is 4. The number of rotatable bonds is 5. The predicted octanol–water partition coefficient (Wildman–Crippen LogP) is 2.37. The van der Waals surface area contributed by atoms with Crippen LogP contribution in [0.2, 0.25) is 0 Å². The number of benzene rings is 2. The Hall–Kier alpha value is -3.56. The number of morpholine rings is 1. The number of carbonyl (C=O) groups excluding carboxylic acids is 1. The summed E-state index contributed by atoms with van der Waals surface area (Å²) in [6.07, 6.45) is 1.52. The number of halogens is 1. The molecule has 0 aliphatic carbocycles. The van der Waals surface area contributed by atoms with Crippen molar-refractivity contribution in [2.45, 2.75) is 13.1 Å². The molecule has 3 N–H and O–H groups in total. The number of ether oxygens (including phenoxy) is 1. The van der Waals surface area contributed by atoms with Gasteiger partial charge in [0.05, 0.1) is 13.2 Å². The van der Waals surface area contributed by atoms with Gasteiger partial charge in [0.15, 0.2) is 0 Å². The van der Waals surface area contributed by atoms with Crippen molar-refractivity contribution in [3.63, 3.8) is 0 Å². The second kappa shape index (κ2) is 8.52. The number of nitrogen functional groups attached to an aromatic ring is 1. The number of hydrogen-bond donors (Lipinski definition) is 2. The van der Waals surface area contributed by atoms with Gasteiger partial charge in [-0.2, -0.15) is 0 Å². The van der Waals surface area contributed by atoms with E-state index in [1.54, 1.807) is 12.1 Å². The van der Waals surface area contributed by atoms with Crippen molar-refractivity contribution in [1.29, 1.82) is 0 Å². The monoisotopic (exact) mass is 434 g/mol. The number of fused-ring (bicyclic) bond motifs is 3. The SMILES string of the molecule is Nc1nc2c(F)cccc2c2nc(C(=O)NCc3ccccc3CN3CCOCC3)cn12. The number of nitrogens with two attached hydrogens (primary N) is 1. The van der Waals surface area contributed by atoms with Gasteiger partial charge in [-0.1, -0.05) is 30.3 Å². The molecular formula is C23H23FN6O2. The molecule has 2 aromatic heterocycles. The van der Waals surface area contributed by atoms with Gasteiger partial charge in [-0.05, 0) is 23.3 Å². The van der Waals surface area contributed by atoms with Crippen LogP contribution in [0.25, 0.3) is 16.6 Å². The second-order valence-electron chi connectivity index (χ2n) is 7.77. The number of aromatic nitrogens is 3. The first kappa shape index (κ1) is 20.3. The molecule has 0 radical (unpaired) electrons. The second-order valence-corrected chi connectivity index (χ2v) is 7.77. The highest BCUT2D eigenvalue weighted by Gasteiger charge is 2.17. The summed E-state index contributed by atoms with van der Waals surface area (Å²) in [6.45, 7) is 4.45. The first-order chi connectivity index (χ1) is 15.6. The molecule has 0 bridgehead atoms. The summed E-state index contributed by atoms with van der Waals surface area (Å²) in [5, 5.41) is 3.43. The average molecular weight is 434 g/mol. The zero-order valence-electron chi connectivity index (χ0n) is 17.4. The first-order valence-corrected chi connectivity index (χ1v) is 10.5. The van der Waals surface area contributed by atoms with Crippen molar-refractivity contribution < 1.29 is 13.9 Å². The highest BCUT2D eigenvalue weighted by molar-refractivity contribution is 5.97. The molecule has 9 heteroatoms. The maximum Gasteiger partial charge on any atom is 0.271 e. The van der Waals surface area contributed by atoms with Crippen molar-refractivity contribution in [2.75, 3.05) is 32.0 Å². The molecule has 164 valence electrons. The number of para-hydroxylation sites is 1. The van der Waals surface area contributed by atoms with Gasteiger partial charge in [-0.15, -0.1) is 0 Å². The Labute approximate surface area is 183 Å². The Morgan fingerprint density at radius 2 is 1.88 bits per heavy atom. The molecular weight excluding hydrogens is 411 g/mol. The number of hydrogen-bond acceptors (Lipinski definition) is 6. The van der Waals surface area contributed by atoms with E-state index in [2.05, 4.69) is 26.3 Å². The Morgan fingerprint density at radius 3 is 2.69 bits per heavy atom. The quantitative estimate of drug-likeness (QED) is 0.501. The highest BCUT2D eigenvalue weighted by atomic mass is 19.1. The normalized spacial score (nSPS) is 14.8. The average Bonchev–Trinajstić information content (AvgIpc) is 3.27. The maximum atomic E-state index is 14.1. The van der Waals surface area contributed by atoms with E-state index in [9.17, 15) is 9.18 Å². The molecule has 5 rings (SSSR count). The van der Waals surface area contributed by atoms with Gasteiger partial charge in [0.1, 0.15) is 22.7 Å². The zero-order chi connectivity index (χ0) is 22.1. The molecule has 0 atom stereocenters. The van der Waals surface area contributed by atoms with Crippen LogP contribution < -0.4 is 11.1 Å². The summed E-state index contributed by atoms with van der Waals surface area (Å²) in [5.41, 5.74) is 8.91. The van der Waals surface area contributed by atoms with E-state index in [0.29, 0.717) is 17.6 Å². The van der Waals surface area contributed by atoms with Gasteiger partial charge in [0.25, 0.3) is 5.91 Å². The Bertz CT molecular complexity index is 1300. The third-order valence-corrected chi connectivity index (χ3v) is 5.69. The van der Waals surface area contributed by atoms with Crippen molar-refractivity contribution >= 4 is 28.4 Å². The number of anilines is 1. The van der Waals surface area contributed by atoms with Crippen molar-refractivity contribution in [1.82, 2.24) is 24.6 Å². The molecule has 0 saturated carbocycles. The summed E-state index contributed by atoms with van der Waals surface area (Å²) in [5.74, 6) is -0.749. The standard InChI is InChI=1S/C23H23FN6O2/c24-18-7-3-6-17-20(18)28-23(25)30-14-19(27-21(17)30)22(31)26-12-15-4-1-2-5-16(15)13-29-8-10-32-11-9-29/h1-7,14H,8-13H2,(H2,25,28)(H,26,31). The summed E-state index contributed by atoms with van der Waals surface area (Å²) in [6, 6.07) is 12.7. The molecule has 0 unspecified atom stereocenters. The van der Waals surface area contributed by atoms with Crippen LogP contribution in [0.5, 0.6) is 0 Å². The van der Waals surface area contributed by atoms with Gasteiger partial charge in [-0.25, -0.2) is 14.4 Å². The van der Waals surface area contributed by atoms with Crippen LogP contribution in [-0.4, -0.2) is 51.5 Å². The van der Waals surface area contributed by atoms with Crippen LogP contribution >= 0.6 is 0 Å². The number of amides is 1. The first-order valence-electron chi connectivity index (χ1n) is 10.5. The smallest absolute Gasteiger partial charge is 0.271 e. The largest absolute Gasteiger partial charge is 0.379 e. The molecule has 32 heavy (non-hydrogen) atoms. The van der Waals surface area contributed by atoms with E-state index < -0.39 is 5.82 Å². The zero-order valence-corrected chi connectivity index (χ0v) is 17.4. The van der Waals surface area contributed by atoms with Crippen LogP contribution in [0.4, 0.5) is 10.3 Å². The van der Waals surface area contributed by atoms with E-state index in [0.717, 1.165) is 38.4 Å². The number of carbonyl (C=O) groups is 1.